The SMILES string of the molecule is COc1ccc([Si](C)(C)CC[Si](C)(C)c2ccc(OC)cc2)cc1. The van der Waals surface area contributed by atoms with Crippen LogP contribution in [0.2, 0.25) is 38.3 Å². The molecule has 0 atom stereocenters. The van der Waals surface area contributed by atoms with Gasteiger partial charge in [-0.05, 0) is 24.3 Å². The van der Waals surface area contributed by atoms with Crippen molar-refractivity contribution in [1.82, 2.24) is 0 Å². The Morgan fingerprint density at radius 1 is 0.583 bits per heavy atom. The van der Waals surface area contributed by atoms with E-state index in [1.54, 1.807) is 14.2 Å². The minimum Gasteiger partial charge on any atom is -0.497 e. The third-order valence-electron chi connectivity index (χ3n) is 5.12. The molecule has 2 rings (SSSR count). The summed E-state index contributed by atoms with van der Waals surface area (Å²) in [5.41, 5.74) is 0. The lowest BCUT2D eigenvalue weighted by atomic mass is 10.3. The van der Waals surface area contributed by atoms with Gasteiger partial charge in [-0.25, -0.2) is 0 Å². The third-order valence-corrected chi connectivity index (χ3v) is 12.4. The highest BCUT2D eigenvalue weighted by molar-refractivity contribution is 6.94. The number of rotatable bonds is 7. The van der Waals surface area contributed by atoms with Crippen LogP contribution in [-0.2, 0) is 0 Å². The lowest BCUT2D eigenvalue weighted by Crippen LogP contribution is -2.47. The Morgan fingerprint density at radius 2 is 0.875 bits per heavy atom. The van der Waals surface area contributed by atoms with Gasteiger partial charge in [0, 0.05) is 0 Å². The van der Waals surface area contributed by atoms with Gasteiger partial charge in [0.25, 0.3) is 0 Å². The molecular formula is C20H30O2Si2. The summed E-state index contributed by atoms with van der Waals surface area (Å²) < 4.78 is 10.6. The average Bonchev–Trinajstić information content (AvgIpc) is 2.60. The first-order valence-corrected chi connectivity index (χ1v) is 15.0. The van der Waals surface area contributed by atoms with Crippen molar-refractivity contribution in [3.05, 3.63) is 48.5 Å². The maximum atomic E-state index is 5.28. The maximum absolute atomic E-state index is 5.28. The summed E-state index contributed by atoms with van der Waals surface area (Å²) in [6.07, 6.45) is 0. The second-order valence-corrected chi connectivity index (χ2v) is 17.4. The zero-order valence-corrected chi connectivity index (χ0v) is 17.8. The van der Waals surface area contributed by atoms with E-state index < -0.39 is 16.1 Å². The molecule has 0 radical (unpaired) electrons. The normalized spacial score (nSPS) is 12.1. The monoisotopic (exact) mass is 358 g/mol. The van der Waals surface area contributed by atoms with Gasteiger partial charge in [0.15, 0.2) is 0 Å². The van der Waals surface area contributed by atoms with Gasteiger partial charge >= 0.3 is 0 Å². The molecule has 2 aromatic carbocycles. The van der Waals surface area contributed by atoms with Crippen LogP contribution in [0.3, 0.4) is 0 Å². The van der Waals surface area contributed by atoms with Gasteiger partial charge in [-0.3, -0.25) is 0 Å². The van der Waals surface area contributed by atoms with Crippen LogP contribution in [0.5, 0.6) is 11.5 Å². The minimum absolute atomic E-state index is 0.941. The highest BCUT2D eigenvalue weighted by atomic mass is 28.3. The molecule has 0 aromatic heterocycles. The molecule has 4 heteroatoms. The molecular weight excluding hydrogens is 328 g/mol. The molecule has 0 bridgehead atoms. The van der Waals surface area contributed by atoms with Crippen molar-refractivity contribution in [2.45, 2.75) is 38.3 Å². The van der Waals surface area contributed by atoms with Gasteiger partial charge in [0.2, 0.25) is 0 Å². The fraction of sp³-hybridized carbons (Fsp3) is 0.400. The molecule has 0 fully saturated rings. The van der Waals surface area contributed by atoms with E-state index in [-0.39, 0.29) is 0 Å². The van der Waals surface area contributed by atoms with Gasteiger partial charge in [-0.15, -0.1) is 0 Å². The summed E-state index contributed by atoms with van der Waals surface area (Å²) in [6.45, 7) is 9.92. The Bertz CT molecular complexity index is 587. The summed E-state index contributed by atoms with van der Waals surface area (Å²) in [5, 5.41) is 3.03. The highest BCUT2D eigenvalue weighted by Crippen LogP contribution is 2.22. The summed E-state index contributed by atoms with van der Waals surface area (Å²) in [7, 11) is 0.603. The number of methoxy groups -OCH3 is 2. The molecule has 0 amide bonds. The van der Waals surface area contributed by atoms with Gasteiger partial charge in [0.05, 0.1) is 30.4 Å². The van der Waals surface area contributed by atoms with Gasteiger partial charge in [-0.2, -0.15) is 0 Å². The Hall–Kier alpha value is -1.53. The molecule has 0 aliphatic heterocycles. The first-order valence-electron chi connectivity index (χ1n) is 8.57. The van der Waals surface area contributed by atoms with Crippen LogP contribution in [0, 0.1) is 0 Å². The lowest BCUT2D eigenvalue weighted by molar-refractivity contribution is 0.415. The van der Waals surface area contributed by atoms with Crippen LogP contribution in [0.1, 0.15) is 0 Å². The highest BCUT2D eigenvalue weighted by Gasteiger charge is 2.30. The van der Waals surface area contributed by atoms with Gasteiger partial charge in [0.1, 0.15) is 11.5 Å². The Balaban J connectivity index is 2.08. The molecule has 0 spiro atoms. The third kappa shape index (κ3) is 4.51. The smallest absolute Gasteiger partial charge is 0.118 e. The summed E-state index contributed by atoms with van der Waals surface area (Å²) in [5.74, 6) is 1.88. The van der Waals surface area contributed by atoms with E-state index in [0.29, 0.717) is 0 Å². The van der Waals surface area contributed by atoms with Crippen molar-refractivity contribution < 1.29 is 9.47 Å². The molecule has 0 aliphatic rings. The summed E-state index contributed by atoms with van der Waals surface area (Å²) in [4.78, 5) is 0. The Labute approximate surface area is 148 Å². The van der Waals surface area contributed by atoms with E-state index in [0.717, 1.165) is 11.5 Å². The number of hydrogen-bond acceptors (Lipinski definition) is 2. The molecule has 0 heterocycles. The van der Waals surface area contributed by atoms with E-state index >= 15 is 0 Å². The molecule has 130 valence electrons. The van der Waals surface area contributed by atoms with E-state index in [1.807, 2.05) is 0 Å². The standard InChI is InChI=1S/C20H30O2Si2/c1-21-17-7-11-19(12-8-17)23(3,4)15-16-24(5,6)20-13-9-18(22-2)10-14-20/h7-14H,15-16H2,1-6H3. The summed E-state index contributed by atoms with van der Waals surface area (Å²) >= 11 is 0. The number of ether oxygens (including phenoxy) is 2. The molecule has 0 saturated carbocycles. The quantitative estimate of drug-likeness (QED) is 0.689. The molecule has 0 aliphatic carbocycles. The van der Waals surface area contributed by atoms with E-state index in [2.05, 4.69) is 74.7 Å². The zero-order chi connectivity index (χ0) is 17.8. The van der Waals surface area contributed by atoms with Crippen LogP contribution >= 0.6 is 0 Å². The number of benzene rings is 2. The van der Waals surface area contributed by atoms with Crippen molar-refractivity contribution in [1.29, 1.82) is 0 Å². The molecule has 0 unspecified atom stereocenters. The van der Waals surface area contributed by atoms with Crippen molar-refractivity contribution in [3.63, 3.8) is 0 Å². The lowest BCUT2D eigenvalue weighted by Gasteiger charge is -2.29. The van der Waals surface area contributed by atoms with E-state index in [9.17, 15) is 0 Å². The minimum atomic E-state index is -1.42. The molecule has 2 nitrogen and oxygen atoms in total. The zero-order valence-electron chi connectivity index (χ0n) is 15.8. The first-order chi connectivity index (χ1) is 11.3. The van der Waals surface area contributed by atoms with Crippen LogP contribution in [-0.4, -0.2) is 30.4 Å². The van der Waals surface area contributed by atoms with Crippen LogP contribution in [0.15, 0.2) is 48.5 Å². The predicted octanol–water partition coefficient (Wildman–Crippen LogP) is 4.23. The van der Waals surface area contributed by atoms with Gasteiger partial charge < -0.3 is 9.47 Å². The van der Waals surface area contributed by atoms with E-state index in [1.165, 1.54) is 22.5 Å². The first kappa shape index (κ1) is 18.8. The second kappa shape index (κ2) is 7.57. The maximum Gasteiger partial charge on any atom is 0.118 e. The Morgan fingerprint density at radius 3 is 1.12 bits per heavy atom. The van der Waals surface area contributed by atoms with Gasteiger partial charge in [-0.1, -0.05) is 72.9 Å². The Kier molecular flexibility index (Phi) is 5.94. The fourth-order valence-corrected chi connectivity index (χ4v) is 10.7. The molecule has 0 N–H and O–H groups in total. The van der Waals surface area contributed by atoms with Crippen molar-refractivity contribution >= 4 is 26.5 Å². The topological polar surface area (TPSA) is 18.5 Å². The van der Waals surface area contributed by atoms with Crippen LogP contribution < -0.4 is 19.8 Å². The molecule has 0 saturated heterocycles. The largest absolute Gasteiger partial charge is 0.497 e. The van der Waals surface area contributed by atoms with Crippen molar-refractivity contribution in [2.75, 3.05) is 14.2 Å². The molecule has 24 heavy (non-hydrogen) atoms. The van der Waals surface area contributed by atoms with Crippen LogP contribution in [0.25, 0.3) is 0 Å². The van der Waals surface area contributed by atoms with E-state index in [4.69, 9.17) is 9.47 Å². The van der Waals surface area contributed by atoms with Crippen LogP contribution in [0.4, 0.5) is 0 Å². The predicted molar refractivity (Wildman–Crippen MR) is 110 cm³/mol. The number of hydrogen-bond donors (Lipinski definition) is 0. The molecule has 2 aromatic rings. The fourth-order valence-electron chi connectivity index (χ4n) is 3.00. The average molecular weight is 359 g/mol. The van der Waals surface area contributed by atoms with Crippen molar-refractivity contribution in [2.24, 2.45) is 0 Å². The van der Waals surface area contributed by atoms with Crippen molar-refractivity contribution in [3.8, 4) is 11.5 Å². The summed E-state index contributed by atoms with van der Waals surface area (Å²) in [6, 6.07) is 20.0. The second-order valence-electron chi connectivity index (χ2n) is 7.72.